The van der Waals surface area contributed by atoms with E-state index in [1.54, 1.807) is 20.0 Å². The maximum Gasteiger partial charge on any atom is 0.326 e. The van der Waals surface area contributed by atoms with Crippen LogP contribution >= 0.6 is 11.8 Å². The van der Waals surface area contributed by atoms with Gasteiger partial charge in [0.25, 0.3) is 0 Å². The molecule has 3 amide bonds. The number of hydrogen-bond acceptors (Lipinski definition) is 7. The SMILES string of the molecule is CSCCC(NC(=O)CNC(=O)C(N)Cc1cnc[nH]1)C(=O)NC(C(=O)O)C(C)C. The van der Waals surface area contributed by atoms with Gasteiger partial charge in [0.05, 0.1) is 18.9 Å². The molecule has 11 nitrogen and oxygen atoms in total. The average Bonchev–Trinajstić information content (AvgIpc) is 3.19. The Labute approximate surface area is 179 Å². The number of nitrogens with one attached hydrogen (secondary N) is 4. The van der Waals surface area contributed by atoms with Gasteiger partial charge < -0.3 is 31.8 Å². The van der Waals surface area contributed by atoms with Crippen molar-refractivity contribution in [2.45, 2.75) is 44.8 Å². The monoisotopic (exact) mass is 442 g/mol. The van der Waals surface area contributed by atoms with E-state index < -0.39 is 41.8 Å². The van der Waals surface area contributed by atoms with Crippen molar-refractivity contribution >= 4 is 35.5 Å². The van der Waals surface area contributed by atoms with Crippen molar-refractivity contribution in [2.24, 2.45) is 11.7 Å². The highest BCUT2D eigenvalue weighted by molar-refractivity contribution is 7.98. The third-order valence-electron chi connectivity index (χ3n) is 4.25. The molecular weight excluding hydrogens is 412 g/mol. The number of imidazole rings is 1. The van der Waals surface area contributed by atoms with E-state index in [-0.39, 0.29) is 18.9 Å². The standard InChI is InChI=1S/C18H30N6O5S/c1-10(2)15(18(28)29)24-17(27)13(4-5-30-3)23-14(25)8-21-16(26)12(19)6-11-7-20-9-22-11/h7,9-10,12-13,15H,4-6,8,19H2,1-3H3,(H,20,22)(H,21,26)(H,23,25)(H,24,27)(H,28,29). The zero-order valence-corrected chi connectivity index (χ0v) is 18.1. The molecule has 0 aromatic carbocycles. The normalized spacial score (nSPS) is 13.9. The number of aromatic nitrogens is 2. The summed E-state index contributed by atoms with van der Waals surface area (Å²) >= 11 is 1.49. The van der Waals surface area contributed by atoms with Gasteiger partial charge in [-0.1, -0.05) is 13.8 Å². The van der Waals surface area contributed by atoms with Crippen LogP contribution in [0.15, 0.2) is 12.5 Å². The Balaban J connectivity index is 2.59. The molecule has 3 atom stereocenters. The van der Waals surface area contributed by atoms with Gasteiger partial charge in [-0.15, -0.1) is 0 Å². The number of nitrogens with two attached hydrogens (primary N) is 1. The van der Waals surface area contributed by atoms with Gasteiger partial charge in [0.2, 0.25) is 17.7 Å². The molecule has 1 rings (SSSR count). The summed E-state index contributed by atoms with van der Waals surface area (Å²) in [6, 6.07) is -2.84. The molecule has 30 heavy (non-hydrogen) atoms. The molecule has 0 spiro atoms. The first-order chi connectivity index (χ1) is 14.1. The second kappa shape index (κ2) is 12.9. The largest absolute Gasteiger partial charge is 0.480 e. The van der Waals surface area contributed by atoms with Crippen molar-refractivity contribution in [3.63, 3.8) is 0 Å². The molecule has 0 saturated carbocycles. The summed E-state index contributed by atoms with van der Waals surface area (Å²) in [6.45, 7) is 3.00. The van der Waals surface area contributed by atoms with Gasteiger partial charge in [-0.25, -0.2) is 9.78 Å². The molecule has 7 N–H and O–H groups in total. The topological polar surface area (TPSA) is 179 Å². The van der Waals surface area contributed by atoms with Crippen LogP contribution in [-0.4, -0.2) is 75.4 Å². The van der Waals surface area contributed by atoms with Gasteiger partial charge >= 0.3 is 5.97 Å². The fraction of sp³-hybridized carbons (Fsp3) is 0.611. The fourth-order valence-electron chi connectivity index (χ4n) is 2.54. The van der Waals surface area contributed by atoms with Gasteiger partial charge in [0.1, 0.15) is 12.1 Å². The fourth-order valence-corrected chi connectivity index (χ4v) is 3.01. The molecule has 1 aromatic heterocycles. The zero-order chi connectivity index (χ0) is 22.7. The van der Waals surface area contributed by atoms with Crippen molar-refractivity contribution in [1.82, 2.24) is 25.9 Å². The number of amides is 3. The highest BCUT2D eigenvalue weighted by Gasteiger charge is 2.28. The Hall–Kier alpha value is -2.60. The summed E-state index contributed by atoms with van der Waals surface area (Å²) in [5.41, 5.74) is 6.50. The summed E-state index contributed by atoms with van der Waals surface area (Å²) in [6.07, 6.45) is 5.43. The van der Waals surface area contributed by atoms with E-state index in [4.69, 9.17) is 5.73 Å². The lowest BCUT2D eigenvalue weighted by atomic mass is 10.0. The number of rotatable bonds is 13. The Morgan fingerprint density at radius 2 is 1.93 bits per heavy atom. The maximum atomic E-state index is 12.5. The number of thioether (sulfide) groups is 1. The number of nitrogens with zero attached hydrogens (tertiary/aromatic N) is 1. The predicted octanol–water partition coefficient (Wildman–Crippen LogP) is -1.14. The Morgan fingerprint density at radius 3 is 2.47 bits per heavy atom. The summed E-state index contributed by atoms with van der Waals surface area (Å²) in [4.78, 5) is 54.8. The minimum absolute atomic E-state index is 0.234. The van der Waals surface area contributed by atoms with Crippen LogP contribution in [0.4, 0.5) is 0 Å². The van der Waals surface area contributed by atoms with E-state index in [0.717, 1.165) is 0 Å². The van der Waals surface area contributed by atoms with Crippen molar-refractivity contribution in [3.05, 3.63) is 18.2 Å². The van der Waals surface area contributed by atoms with E-state index in [0.29, 0.717) is 17.9 Å². The van der Waals surface area contributed by atoms with Crippen LogP contribution in [0.5, 0.6) is 0 Å². The highest BCUT2D eigenvalue weighted by Crippen LogP contribution is 2.05. The number of aliphatic carboxylic acids is 1. The molecule has 12 heteroatoms. The first kappa shape index (κ1) is 25.4. The molecule has 0 fully saturated rings. The van der Waals surface area contributed by atoms with Crippen molar-refractivity contribution < 1.29 is 24.3 Å². The lowest BCUT2D eigenvalue weighted by molar-refractivity contribution is -0.143. The van der Waals surface area contributed by atoms with Crippen LogP contribution in [0.25, 0.3) is 0 Å². The quantitative estimate of drug-likeness (QED) is 0.222. The molecule has 0 bridgehead atoms. The van der Waals surface area contributed by atoms with Crippen molar-refractivity contribution in [3.8, 4) is 0 Å². The van der Waals surface area contributed by atoms with E-state index in [1.165, 1.54) is 18.1 Å². The first-order valence-electron chi connectivity index (χ1n) is 9.47. The first-order valence-corrected chi connectivity index (χ1v) is 10.9. The summed E-state index contributed by atoms with van der Waals surface area (Å²) in [7, 11) is 0. The highest BCUT2D eigenvalue weighted by atomic mass is 32.2. The van der Waals surface area contributed by atoms with E-state index in [2.05, 4.69) is 25.9 Å². The van der Waals surface area contributed by atoms with Gasteiger partial charge in [-0.3, -0.25) is 14.4 Å². The number of carbonyl (C=O) groups is 4. The molecule has 1 aromatic rings. The summed E-state index contributed by atoms with van der Waals surface area (Å²) in [5.74, 6) is -2.56. The van der Waals surface area contributed by atoms with Gasteiger partial charge in [0.15, 0.2) is 0 Å². The molecule has 0 aliphatic carbocycles. The Bertz CT molecular complexity index is 712. The van der Waals surface area contributed by atoms with Gasteiger partial charge in [-0.05, 0) is 24.3 Å². The number of carboxylic acid groups (broad SMARTS) is 1. The van der Waals surface area contributed by atoms with Crippen molar-refractivity contribution in [1.29, 1.82) is 0 Å². The molecule has 0 saturated heterocycles. The minimum atomic E-state index is -1.15. The van der Waals surface area contributed by atoms with Crippen LogP contribution < -0.4 is 21.7 Å². The lowest BCUT2D eigenvalue weighted by Gasteiger charge is -2.23. The minimum Gasteiger partial charge on any atom is -0.480 e. The van der Waals surface area contributed by atoms with E-state index in [9.17, 15) is 24.3 Å². The molecule has 3 unspecified atom stereocenters. The summed E-state index contributed by atoms with van der Waals surface area (Å²) in [5, 5.41) is 16.7. The second-order valence-electron chi connectivity index (χ2n) is 7.08. The van der Waals surface area contributed by atoms with Crippen LogP contribution in [0, 0.1) is 5.92 Å². The number of carboxylic acids is 1. The molecule has 0 aliphatic rings. The maximum absolute atomic E-state index is 12.5. The van der Waals surface area contributed by atoms with Crippen LogP contribution in [0.2, 0.25) is 0 Å². The second-order valence-corrected chi connectivity index (χ2v) is 8.06. The smallest absolute Gasteiger partial charge is 0.326 e. The molecule has 168 valence electrons. The molecular formula is C18H30N6O5S. The average molecular weight is 443 g/mol. The van der Waals surface area contributed by atoms with Crippen molar-refractivity contribution in [2.75, 3.05) is 18.6 Å². The number of H-pyrrole nitrogens is 1. The van der Waals surface area contributed by atoms with Crippen LogP contribution in [-0.2, 0) is 25.6 Å². The molecule has 1 heterocycles. The third-order valence-corrected chi connectivity index (χ3v) is 4.89. The van der Waals surface area contributed by atoms with Gasteiger partial charge in [-0.2, -0.15) is 11.8 Å². The number of aromatic amines is 1. The Kier molecular flexibility index (Phi) is 10.9. The Morgan fingerprint density at radius 1 is 1.23 bits per heavy atom. The van der Waals surface area contributed by atoms with Gasteiger partial charge in [0, 0.05) is 18.3 Å². The number of carbonyl (C=O) groups excluding carboxylic acids is 3. The third kappa shape index (κ3) is 8.82. The lowest BCUT2D eigenvalue weighted by Crippen LogP contribution is -2.55. The molecule has 0 radical (unpaired) electrons. The van der Waals surface area contributed by atoms with Crippen LogP contribution in [0.1, 0.15) is 26.0 Å². The summed E-state index contributed by atoms with van der Waals surface area (Å²) < 4.78 is 0. The number of hydrogen-bond donors (Lipinski definition) is 6. The van der Waals surface area contributed by atoms with E-state index >= 15 is 0 Å². The molecule has 0 aliphatic heterocycles. The van der Waals surface area contributed by atoms with Crippen LogP contribution in [0.3, 0.4) is 0 Å². The van der Waals surface area contributed by atoms with E-state index in [1.807, 2.05) is 6.26 Å². The zero-order valence-electron chi connectivity index (χ0n) is 17.3. The predicted molar refractivity (Wildman–Crippen MR) is 113 cm³/mol.